The predicted octanol–water partition coefficient (Wildman–Crippen LogP) is 3.58. The number of esters is 1. The largest absolute Gasteiger partial charge is 0.452 e. The molecule has 0 aliphatic rings. The molecule has 0 radical (unpaired) electrons. The van der Waals surface area contributed by atoms with Gasteiger partial charge < -0.3 is 10.1 Å². The topological polar surface area (TPSA) is 55.4 Å². The number of aryl methyl sites for hydroxylation is 1. The van der Waals surface area contributed by atoms with Gasteiger partial charge in [0.25, 0.3) is 5.91 Å². The van der Waals surface area contributed by atoms with Crippen molar-refractivity contribution in [1.29, 1.82) is 0 Å². The van der Waals surface area contributed by atoms with Crippen LogP contribution in [0.25, 0.3) is 6.08 Å². The summed E-state index contributed by atoms with van der Waals surface area (Å²) >= 11 is 0. The van der Waals surface area contributed by atoms with E-state index < -0.39 is 11.9 Å². The lowest BCUT2D eigenvalue weighted by Crippen LogP contribution is -2.20. The van der Waals surface area contributed by atoms with E-state index in [9.17, 15) is 14.0 Å². The number of hydrogen-bond acceptors (Lipinski definition) is 3. The number of para-hydroxylation sites is 1. The van der Waals surface area contributed by atoms with Gasteiger partial charge in [-0.3, -0.25) is 4.79 Å². The molecule has 0 spiro atoms. The third-order valence-corrected chi connectivity index (χ3v) is 3.30. The van der Waals surface area contributed by atoms with E-state index >= 15 is 0 Å². The molecule has 0 atom stereocenters. The Kier molecular flexibility index (Phi) is 6.25. The van der Waals surface area contributed by atoms with Gasteiger partial charge in [-0.05, 0) is 41.8 Å². The van der Waals surface area contributed by atoms with Crippen molar-refractivity contribution in [2.24, 2.45) is 0 Å². The van der Waals surface area contributed by atoms with E-state index in [0.29, 0.717) is 11.3 Å². The molecule has 0 fully saturated rings. The summed E-state index contributed by atoms with van der Waals surface area (Å²) in [7, 11) is 0. The summed E-state index contributed by atoms with van der Waals surface area (Å²) in [5.74, 6) is -1.39. The Balaban J connectivity index is 1.82. The summed E-state index contributed by atoms with van der Waals surface area (Å²) in [6, 6.07) is 13.1. The van der Waals surface area contributed by atoms with E-state index in [1.165, 1.54) is 36.4 Å². The second kappa shape index (κ2) is 8.62. The van der Waals surface area contributed by atoms with Crippen molar-refractivity contribution in [3.63, 3.8) is 0 Å². The molecule has 1 amide bonds. The van der Waals surface area contributed by atoms with Crippen LogP contribution in [-0.2, 0) is 20.7 Å². The molecule has 4 nitrogen and oxygen atoms in total. The molecule has 1 N–H and O–H groups in total. The van der Waals surface area contributed by atoms with Crippen LogP contribution in [-0.4, -0.2) is 18.5 Å². The molecule has 0 aliphatic heterocycles. The summed E-state index contributed by atoms with van der Waals surface area (Å²) in [6.07, 6.45) is 3.48. The van der Waals surface area contributed by atoms with Crippen molar-refractivity contribution in [2.75, 3.05) is 11.9 Å². The molecule has 2 aromatic rings. The first-order valence-electron chi connectivity index (χ1n) is 7.56. The number of amides is 1. The Bertz CT molecular complexity index is 739. The molecule has 0 saturated carbocycles. The van der Waals surface area contributed by atoms with Gasteiger partial charge in [-0.2, -0.15) is 0 Å². The van der Waals surface area contributed by atoms with Crippen LogP contribution < -0.4 is 5.32 Å². The second-order valence-electron chi connectivity index (χ2n) is 5.05. The second-order valence-corrected chi connectivity index (χ2v) is 5.05. The van der Waals surface area contributed by atoms with Crippen molar-refractivity contribution < 1.29 is 18.7 Å². The molecule has 0 aromatic heterocycles. The zero-order valence-electron chi connectivity index (χ0n) is 13.3. The minimum atomic E-state index is -0.641. The zero-order valence-corrected chi connectivity index (χ0v) is 13.3. The Labute approximate surface area is 140 Å². The molecule has 2 aromatic carbocycles. The zero-order chi connectivity index (χ0) is 17.4. The number of rotatable bonds is 6. The van der Waals surface area contributed by atoms with Crippen molar-refractivity contribution >= 4 is 23.6 Å². The highest BCUT2D eigenvalue weighted by atomic mass is 19.1. The van der Waals surface area contributed by atoms with Gasteiger partial charge >= 0.3 is 5.97 Å². The van der Waals surface area contributed by atoms with Gasteiger partial charge in [0.15, 0.2) is 6.61 Å². The van der Waals surface area contributed by atoms with Crippen LogP contribution in [0, 0.1) is 5.82 Å². The van der Waals surface area contributed by atoms with Crippen molar-refractivity contribution in [3.05, 3.63) is 71.6 Å². The lowest BCUT2D eigenvalue weighted by molar-refractivity contribution is -0.142. The maximum absolute atomic E-state index is 12.8. The summed E-state index contributed by atoms with van der Waals surface area (Å²) in [5.41, 5.74) is 2.38. The number of anilines is 1. The molecule has 0 saturated heterocycles. The number of benzene rings is 2. The Morgan fingerprint density at radius 2 is 1.83 bits per heavy atom. The number of carbonyl (C=O) groups excluding carboxylic acids is 2. The highest BCUT2D eigenvalue weighted by Crippen LogP contribution is 2.15. The molecule has 0 aliphatic carbocycles. The minimum absolute atomic E-state index is 0.348. The first kappa shape index (κ1) is 17.4. The number of carbonyl (C=O) groups is 2. The van der Waals surface area contributed by atoms with E-state index in [0.717, 1.165) is 12.0 Å². The molecule has 2 rings (SSSR count). The van der Waals surface area contributed by atoms with Crippen molar-refractivity contribution in [1.82, 2.24) is 0 Å². The predicted molar refractivity (Wildman–Crippen MR) is 90.8 cm³/mol. The van der Waals surface area contributed by atoms with Crippen LogP contribution in [0.15, 0.2) is 54.6 Å². The number of hydrogen-bond donors (Lipinski definition) is 1. The van der Waals surface area contributed by atoms with Crippen molar-refractivity contribution in [3.8, 4) is 0 Å². The van der Waals surface area contributed by atoms with Gasteiger partial charge in [-0.15, -0.1) is 0 Å². The third-order valence-electron chi connectivity index (χ3n) is 3.30. The number of nitrogens with one attached hydrogen (secondary N) is 1. The Hall–Kier alpha value is -2.95. The fourth-order valence-electron chi connectivity index (χ4n) is 2.06. The highest BCUT2D eigenvalue weighted by molar-refractivity contribution is 5.95. The quantitative estimate of drug-likeness (QED) is 0.652. The van der Waals surface area contributed by atoms with Crippen LogP contribution in [0.2, 0.25) is 0 Å². The maximum Gasteiger partial charge on any atom is 0.331 e. The lowest BCUT2D eigenvalue weighted by atomic mass is 10.1. The molecule has 0 heterocycles. The van der Waals surface area contributed by atoms with Gasteiger partial charge in [0.1, 0.15) is 5.82 Å². The molecule has 5 heteroatoms. The van der Waals surface area contributed by atoms with E-state index in [1.54, 1.807) is 6.07 Å². The standard InChI is InChI=1S/C19H18FNO3/c1-2-15-5-3-4-6-17(15)21-18(22)13-24-19(23)12-9-14-7-10-16(20)11-8-14/h3-12H,2,13H2,1H3,(H,21,22)/b12-9+. The normalized spacial score (nSPS) is 10.6. The average molecular weight is 327 g/mol. The first-order valence-corrected chi connectivity index (χ1v) is 7.56. The Morgan fingerprint density at radius 1 is 1.12 bits per heavy atom. The summed E-state index contributed by atoms with van der Waals surface area (Å²) in [6.45, 7) is 1.62. The molecule has 124 valence electrons. The van der Waals surface area contributed by atoms with Gasteiger partial charge in [0.2, 0.25) is 0 Å². The lowest BCUT2D eigenvalue weighted by Gasteiger charge is -2.09. The molecular formula is C19H18FNO3. The minimum Gasteiger partial charge on any atom is -0.452 e. The third kappa shape index (κ3) is 5.35. The van der Waals surface area contributed by atoms with Crippen LogP contribution >= 0.6 is 0 Å². The van der Waals surface area contributed by atoms with Crippen molar-refractivity contribution in [2.45, 2.75) is 13.3 Å². The van der Waals surface area contributed by atoms with E-state index in [1.807, 2.05) is 25.1 Å². The fraction of sp³-hybridized carbons (Fsp3) is 0.158. The fourth-order valence-corrected chi connectivity index (χ4v) is 2.06. The van der Waals surface area contributed by atoms with Crippen LogP contribution in [0.3, 0.4) is 0 Å². The number of ether oxygens (including phenoxy) is 1. The molecule has 0 bridgehead atoms. The van der Waals surface area contributed by atoms with Gasteiger partial charge in [-0.1, -0.05) is 37.3 Å². The smallest absolute Gasteiger partial charge is 0.331 e. The van der Waals surface area contributed by atoms with Crippen LogP contribution in [0.1, 0.15) is 18.1 Å². The highest BCUT2D eigenvalue weighted by Gasteiger charge is 2.07. The van der Waals surface area contributed by atoms with Gasteiger partial charge in [-0.25, -0.2) is 9.18 Å². The molecule has 0 unspecified atom stereocenters. The van der Waals surface area contributed by atoms with Gasteiger partial charge in [0, 0.05) is 11.8 Å². The molecule has 24 heavy (non-hydrogen) atoms. The number of halogens is 1. The summed E-state index contributed by atoms with van der Waals surface area (Å²) in [5, 5.41) is 2.71. The average Bonchev–Trinajstić information content (AvgIpc) is 2.60. The SMILES string of the molecule is CCc1ccccc1NC(=O)COC(=O)/C=C/c1ccc(F)cc1. The first-order chi connectivity index (χ1) is 11.6. The monoisotopic (exact) mass is 327 g/mol. The molecular weight excluding hydrogens is 309 g/mol. The van der Waals surface area contributed by atoms with E-state index in [4.69, 9.17) is 4.74 Å². The van der Waals surface area contributed by atoms with Gasteiger partial charge in [0.05, 0.1) is 0 Å². The maximum atomic E-state index is 12.8. The summed E-state index contributed by atoms with van der Waals surface area (Å²) in [4.78, 5) is 23.4. The van der Waals surface area contributed by atoms with E-state index in [2.05, 4.69) is 5.32 Å². The van der Waals surface area contributed by atoms with E-state index in [-0.39, 0.29) is 12.4 Å². The summed E-state index contributed by atoms with van der Waals surface area (Å²) < 4.78 is 17.7. The van der Waals surface area contributed by atoms with Crippen LogP contribution in [0.4, 0.5) is 10.1 Å². The van der Waals surface area contributed by atoms with Crippen LogP contribution in [0.5, 0.6) is 0 Å². The Morgan fingerprint density at radius 3 is 2.54 bits per heavy atom.